The summed E-state index contributed by atoms with van der Waals surface area (Å²) in [5.74, 6) is 0.680. The first kappa shape index (κ1) is 18.0. The van der Waals surface area contributed by atoms with Gasteiger partial charge < -0.3 is 4.74 Å². The van der Waals surface area contributed by atoms with Crippen molar-refractivity contribution in [2.45, 2.75) is 13.5 Å². The molecule has 0 saturated carbocycles. The van der Waals surface area contributed by atoms with Crippen LogP contribution in [0.25, 0.3) is 6.08 Å². The molecule has 0 radical (unpaired) electrons. The van der Waals surface area contributed by atoms with Crippen molar-refractivity contribution in [3.05, 3.63) is 69.6 Å². The number of carbonyl (C=O) groups is 1. The fourth-order valence-corrected chi connectivity index (χ4v) is 3.97. The normalized spacial score (nSPS) is 15.9. The number of halogens is 1. The van der Waals surface area contributed by atoms with Crippen LogP contribution in [-0.2, 0) is 11.4 Å². The lowest BCUT2D eigenvalue weighted by Gasteiger charge is -2.09. The van der Waals surface area contributed by atoms with Crippen molar-refractivity contribution in [1.29, 1.82) is 0 Å². The number of likely N-dealkylation sites (N-methyl/N-ethyl adjacent to an activating group) is 1. The highest BCUT2D eigenvalue weighted by molar-refractivity contribution is 8.26. The molecule has 6 heteroatoms. The molecule has 0 aliphatic carbocycles. The third kappa shape index (κ3) is 4.24. The van der Waals surface area contributed by atoms with Crippen LogP contribution in [0.15, 0.2) is 53.4 Å². The number of carbonyl (C=O) groups excluding carboxylic acids is 1. The van der Waals surface area contributed by atoms with Crippen LogP contribution in [0.4, 0.5) is 0 Å². The standard InChI is InChI=1S/C19H16ClNO2S2/c1-2-21-18(22)17(25-19(21)24)11-13-6-5-8-15(10-13)23-12-14-7-3-4-9-16(14)20/h3-11H,2,12H2,1H3/b17-11-. The molecular weight excluding hydrogens is 374 g/mol. The van der Waals surface area contributed by atoms with Gasteiger partial charge in [-0.3, -0.25) is 9.69 Å². The number of rotatable bonds is 5. The van der Waals surface area contributed by atoms with Crippen LogP contribution in [0, 0.1) is 0 Å². The van der Waals surface area contributed by atoms with Crippen LogP contribution < -0.4 is 4.74 Å². The first-order valence-corrected chi connectivity index (χ1v) is 9.40. The smallest absolute Gasteiger partial charge is 0.266 e. The summed E-state index contributed by atoms with van der Waals surface area (Å²) in [6.07, 6.45) is 1.84. The molecular formula is C19H16ClNO2S2. The lowest BCUT2D eigenvalue weighted by Crippen LogP contribution is -2.27. The first-order chi connectivity index (χ1) is 12.1. The maximum atomic E-state index is 12.3. The van der Waals surface area contributed by atoms with Crippen LogP contribution in [0.2, 0.25) is 5.02 Å². The van der Waals surface area contributed by atoms with E-state index in [0.29, 0.717) is 27.4 Å². The zero-order chi connectivity index (χ0) is 17.8. The Labute approximate surface area is 161 Å². The summed E-state index contributed by atoms with van der Waals surface area (Å²) in [4.78, 5) is 14.5. The van der Waals surface area contributed by atoms with E-state index in [1.165, 1.54) is 11.8 Å². The molecule has 0 bridgehead atoms. The Balaban J connectivity index is 1.74. The monoisotopic (exact) mass is 389 g/mol. The Bertz CT molecular complexity index is 851. The maximum Gasteiger partial charge on any atom is 0.266 e. The van der Waals surface area contributed by atoms with Gasteiger partial charge in [0.1, 0.15) is 16.7 Å². The van der Waals surface area contributed by atoms with Gasteiger partial charge in [0.05, 0.1) is 4.91 Å². The molecule has 1 saturated heterocycles. The Morgan fingerprint density at radius 2 is 2.04 bits per heavy atom. The second-order valence-electron chi connectivity index (χ2n) is 5.38. The van der Waals surface area contributed by atoms with E-state index >= 15 is 0 Å². The highest BCUT2D eigenvalue weighted by Crippen LogP contribution is 2.32. The van der Waals surface area contributed by atoms with E-state index < -0.39 is 0 Å². The van der Waals surface area contributed by atoms with Gasteiger partial charge in [0.25, 0.3) is 5.91 Å². The number of thiocarbonyl (C=S) groups is 1. The molecule has 1 aliphatic heterocycles. The minimum Gasteiger partial charge on any atom is -0.489 e. The van der Waals surface area contributed by atoms with Crippen molar-refractivity contribution in [2.75, 3.05) is 6.54 Å². The number of benzene rings is 2. The molecule has 1 fully saturated rings. The van der Waals surface area contributed by atoms with Gasteiger partial charge in [-0.25, -0.2) is 0 Å². The van der Waals surface area contributed by atoms with Gasteiger partial charge in [-0.05, 0) is 36.8 Å². The van der Waals surface area contributed by atoms with Crippen LogP contribution in [0.1, 0.15) is 18.1 Å². The minimum absolute atomic E-state index is 0.0418. The van der Waals surface area contributed by atoms with Crippen LogP contribution >= 0.6 is 35.6 Å². The summed E-state index contributed by atoms with van der Waals surface area (Å²) in [7, 11) is 0. The predicted octanol–water partition coefficient (Wildman–Crippen LogP) is 5.14. The molecule has 0 spiro atoms. The van der Waals surface area contributed by atoms with E-state index in [2.05, 4.69) is 0 Å². The van der Waals surface area contributed by atoms with E-state index in [4.69, 9.17) is 28.6 Å². The molecule has 0 aromatic heterocycles. The molecule has 128 valence electrons. The van der Waals surface area contributed by atoms with Crippen LogP contribution in [0.3, 0.4) is 0 Å². The molecule has 0 N–H and O–H groups in total. The number of amides is 1. The first-order valence-electron chi connectivity index (χ1n) is 7.80. The fourth-order valence-electron chi connectivity index (χ4n) is 2.39. The molecule has 25 heavy (non-hydrogen) atoms. The molecule has 0 atom stereocenters. The second kappa shape index (κ2) is 8.04. The van der Waals surface area contributed by atoms with Gasteiger partial charge in [-0.15, -0.1) is 0 Å². The van der Waals surface area contributed by atoms with E-state index in [0.717, 1.165) is 16.9 Å². The molecule has 1 aliphatic rings. The Morgan fingerprint density at radius 1 is 1.24 bits per heavy atom. The Kier molecular flexibility index (Phi) is 5.78. The lowest BCUT2D eigenvalue weighted by molar-refractivity contribution is -0.121. The molecule has 1 heterocycles. The SMILES string of the molecule is CCN1C(=O)/C(=C/c2cccc(OCc3ccccc3Cl)c2)SC1=S. The van der Waals surface area contributed by atoms with E-state index in [9.17, 15) is 4.79 Å². The average molecular weight is 390 g/mol. The fraction of sp³-hybridized carbons (Fsp3) is 0.158. The summed E-state index contributed by atoms with van der Waals surface area (Å²) in [5, 5.41) is 0.682. The van der Waals surface area contributed by atoms with Crippen molar-refractivity contribution in [3.8, 4) is 5.75 Å². The lowest BCUT2D eigenvalue weighted by atomic mass is 10.2. The molecule has 1 amide bonds. The molecule has 3 nitrogen and oxygen atoms in total. The van der Waals surface area contributed by atoms with Crippen molar-refractivity contribution in [2.24, 2.45) is 0 Å². The summed E-state index contributed by atoms with van der Waals surface area (Å²) in [6, 6.07) is 15.2. The van der Waals surface area contributed by atoms with E-state index in [1.54, 1.807) is 4.90 Å². The van der Waals surface area contributed by atoms with Gasteiger partial charge in [-0.2, -0.15) is 0 Å². The average Bonchev–Trinajstić information content (AvgIpc) is 2.87. The van der Waals surface area contributed by atoms with Crippen molar-refractivity contribution in [3.63, 3.8) is 0 Å². The quantitative estimate of drug-likeness (QED) is 0.523. The molecule has 3 rings (SSSR count). The van der Waals surface area contributed by atoms with Crippen molar-refractivity contribution >= 4 is 51.9 Å². The largest absolute Gasteiger partial charge is 0.489 e. The zero-order valence-corrected chi connectivity index (χ0v) is 16.0. The molecule has 2 aromatic rings. The number of thioether (sulfide) groups is 1. The zero-order valence-electron chi connectivity index (χ0n) is 13.6. The van der Waals surface area contributed by atoms with Gasteiger partial charge in [0, 0.05) is 17.1 Å². The highest BCUT2D eigenvalue weighted by Gasteiger charge is 2.30. The number of ether oxygens (including phenoxy) is 1. The third-order valence-corrected chi connectivity index (χ3v) is 5.44. The van der Waals surface area contributed by atoms with Crippen molar-refractivity contribution < 1.29 is 9.53 Å². The van der Waals surface area contributed by atoms with Crippen LogP contribution in [-0.4, -0.2) is 21.7 Å². The number of hydrogen-bond donors (Lipinski definition) is 0. The number of nitrogens with zero attached hydrogens (tertiary/aromatic N) is 1. The topological polar surface area (TPSA) is 29.5 Å². The maximum absolute atomic E-state index is 12.3. The number of hydrogen-bond acceptors (Lipinski definition) is 4. The predicted molar refractivity (Wildman–Crippen MR) is 108 cm³/mol. The highest BCUT2D eigenvalue weighted by atomic mass is 35.5. The Morgan fingerprint density at radius 3 is 2.76 bits per heavy atom. The van der Waals surface area contributed by atoms with Gasteiger partial charge in [-0.1, -0.05) is 65.9 Å². The van der Waals surface area contributed by atoms with Crippen molar-refractivity contribution in [1.82, 2.24) is 4.90 Å². The summed E-state index contributed by atoms with van der Waals surface area (Å²) in [5.41, 5.74) is 1.83. The Hall–Kier alpha value is -1.82. The second-order valence-corrected chi connectivity index (χ2v) is 7.46. The van der Waals surface area contributed by atoms with E-state index in [1.807, 2.05) is 61.5 Å². The minimum atomic E-state index is -0.0418. The van der Waals surface area contributed by atoms with Gasteiger partial charge in [0.15, 0.2) is 0 Å². The van der Waals surface area contributed by atoms with Crippen LogP contribution in [0.5, 0.6) is 5.75 Å². The summed E-state index contributed by atoms with van der Waals surface area (Å²) < 4.78 is 6.43. The molecule has 2 aromatic carbocycles. The summed E-state index contributed by atoms with van der Waals surface area (Å²) in [6.45, 7) is 2.89. The third-order valence-electron chi connectivity index (χ3n) is 3.70. The molecule has 0 unspecified atom stereocenters. The van der Waals surface area contributed by atoms with Gasteiger partial charge in [0.2, 0.25) is 0 Å². The summed E-state index contributed by atoms with van der Waals surface area (Å²) >= 11 is 12.7. The van der Waals surface area contributed by atoms with E-state index in [-0.39, 0.29) is 5.91 Å². The van der Waals surface area contributed by atoms with Gasteiger partial charge >= 0.3 is 0 Å².